The fourth-order valence-corrected chi connectivity index (χ4v) is 3.11. The predicted molar refractivity (Wildman–Crippen MR) is 73.2 cm³/mol. The Morgan fingerprint density at radius 3 is 2.71 bits per heavy atom. The number of ketones is 1. The van der Waals surface area contributed by atoms with Gasteiger partial charge in [-0.2, -0.15) is 0 Å². The Balaban J connectivity index is 2.42. The normalized spacial score (nSPS) is 18.9. The van der Waals surface area contributed by atoms with E-state index in [2.05, 4.69) is 33.4 Å². The fraction of sp³-hybridized carbons (Fsp3) is 0.500. The van der Waals surface area contributed by atoms with E-state index >= 15 is 0 Å². The van der Waals surface area contributed by atoms with Crippen molar-refractivity contribution in [1.82, 2.24) is 5.32 Å². The number of benzene rings is 1. The van der Waals surface area contributed by atoms with Crippen LogP contribution in [-0.2, 0) is 10.2 Å². The monoisotopic (exact) mass is 295 g/mol. The van der Waals surface area contributed by atoms with Gasteiger partial charge in [-0.15, -0.1) is 0 Å². The Morgan fingerprint density at radius 1 is 1.41 bits per heavy atom. The molecule has 1 aromatic rings. The molecule has 0 unspecified atom stereocenters. The number of Topliss-reactive ketones (excluding diaryl/α,β-unsaturated/α-hetero) is 1. The number of hydrogen-bond donors (Lipinski definition) is 1. The summed E-state index contributed by atoms with van der Waals surface area (Å²) in [5.74, 6) is 0.372. The van der Waals surface area contributed by atoms with Crippen LogP contribution in [0.5, 0.6) is 0 Å². The maximum absolute atomic E-state index is 12.4. The van der Waals surface area contributed by atoms with Crippen LogP contribution >= 0.6 is 15.9 Å². The molecule has 1 fully saturated rings. The first-order valence-corrected chi connectivity index (χ1v) is 6.98. The standard InChI is InChI=1S/C14H18BrNO/c1-2-13(17)14(6-8-16-9-7-14)11-4-3-5-12(15)10-11/h3-5,10,16H,2,6-9H2,1H3. The first-order chi connectivity index (χ1) is 8.19. The molecule has 1 saturated heterocycles. The molecule has 1 aliphatic heterocycles. The molecule has 1 aromatic carbocycles. The van der Waals surface area contributed by atoms with E-state index in [0.717, 1.165) is 30.4 Å². The second-order valence-electron chi connectivity index (χ2n) is 4.62. The lowest BCUT2D eigenvalue weighted by atomic mass is 9.69. The SMILES string of the molecule is CCC(=O)C1(c2cccc(Br)c2)CCNCC1. The molecule has 1 heterocycles. The van der Waals surface area contributed by atoms with Crippen LogP contribution in [0.25, 0.3) is 0 Å². The molecule has 0 amide bonds. The van der Waals surface area contributed by atoms with Crippen LogP contribution in [0.15, 0.2) is 28.7 Å². The van der Waals surface area contributed by atoms with E-state index in [9.17, 15) is 4.79 Å². The molecule has 0 saturated carbocycles. The van der Waals surface area contributed by atoms with Crippen molar-refractivity contribution in [2.24, 2.45) is 0 Å². The van der Waals surface area contributed by atoms with Gasteiger partial charge in [0.05, 0.1) is 5.41 Å². The molecule has 1 N–H and O–H groups in total. The molecular formula is C14H18BrNO. The maximum atomic E-state index is 12.4. The first kappa shape index (κ1) is 12.8. The average Bonchev–Trinajstić information content (AvgIpc) is 2.38. The molecule has 0 atom stereocenters. The largest absolute Gasteiger partial charge is 0.317 e. The van der Waals surface area contributed by atoms with E-state index in [1.807, 2.05) is 19.1 Å². The van der Waals surface area contributed by atoms with Crippen LogP contribution in [0.3, 0.4) is 0 Å². The third-order valence-corrected chi connectivity index (χ3v) is 4.18. The average molecular weight is 296 g/mol. The van der Waals surface area contributed by atoms with E-state index < -0.39 is 0 Å². The summed E-state index contributed by atoms with van der Waals surface area (Å²) in [6.45, 7) is 3.82. The molecular weight excluding hydrogens is 278 g/mol. The third-order valence-electron chi connectivity index (χ3n) is 3.69. The lowest BCUT2D eigenvalue weighted by molar-refractivity contribution is -0.125. The molecule has 3 heteroatoms. The Bertz CT molecular complexity index is 410. The Labute approximate surface area is 111 Å². The molecule has 1 aliphatic rings. The summed E-state index contributed by atoms with van der Waals surface area (Å²) in [4.78, 5) is 12.4. The zero-order valence-corrected chi connectivity index (χ0v) is 11.7. The van der Waals surface area contributed by atoms with Gasteiger partial charge in [0.2, 0.25) is 0 Å². The second-order valence-corrected chi connectivity index (χ2v) is 5.53. The molecule has 2 rings (SSSR count). The topological polar surface area (TPSA) is 29.1 Å². The van der Waals surface area contributed by atoms with Gasteiger partial charge < -0.3 is 5.32 Å². The summed E-state index contributed by atoms with van der Waals surface area (Å²) in [5.41, 5.74) is 0.907. The highest BCUT2D eigenvalue weighted by molar-refractivity contribution is 9.10. The summed E-state index contributed by atoms with van der Waals surface area (Å²) >= 11 is 3.50. The summed E-state index contributed by atoms with van der Waals surface area (Å²) in [6.07, 6.45) is 2.44. The summed E-state index contributed by atoms with van der Waals surface area (Å²) in [5, 5.41) is 3.34. The highest BCUT2D eigenvalue weighted by Crippen LogP contribution is 2.36. The molecule has 0 radical (unpaired) electrons. The number of piperidine rings is 1. The van der Waals surface area contributed by atoms with Crippen molar-refractivity contribution in [3.8, 4) is 0 Å². The fourth-order valence-electron chi connectivity index (χ4n) is 2.71. The van der Waals surface area contributed by atoms with E-state index in [1.165, 1.54) is 5.56 Å². The van der Waals surface area contributed by atoms with Gasteiger partial charge in [-0.05, 0) is 43.6 Å². The van der Waals surface area contributed by atoms with Crippen LogP contribution < -0.4 is 5.32 Å². The number of carbonyl (C=O) groups excluding carboxylic acids is 1. The number of nitrogens with one attached hydrogen (secondary N) is 1. The van der Waals surface area contributed by atoms with Gasteiger partial charge in [0, 0.05) is 10.9 Å². The number of rotatable bonds is 3. The molecule has 0 bridgehead atoms. The van der Waals surface area contributed by atoms with Crippen molar-refractivity contribution < 1.29 is 4.79 Å². The van der Waals surface area contributed by atoms with Crippen LogP contribution in [0.2, 0.25) is 0 Å². The van der Waals surface area contributed by atoms with E-state index in [1.54, 1.807) is 0 Å². The maximum Gasteiger partial charge on any atom is 0.143 e. The van der Waals surface area contributed by atoms with E-state index in [4.69, 9.17) is 0 Å². The zero-order valence-electron chi connectivity index (χ0n) is 10.1. The van der Waals surface area contributed by atoms with Crippen molar-refractivity contribution >= 4 is 21.7 Å². The van der Waals surface area contributed by atoms with Crippen LogP contribution in [0, 0.1) is 0 Å². The predicted octanol–water partition coefficient (Wildman–Crippen LogP) is 3.05. The number of hydrogen-bond acceptors (Lipinski definition) is 2. The Hall–Kier alpha value is -0.670. The molecule has 92 valence electrons. The van der Waals surface area contributed by atoms with Crippen molar-refractivity contribution in [3.63, 3.8) is 0 Å². The van der Waals surface area contributed by atoms with Crippen molar-refractivity contribution in [3.05, 3.63) is 34.3 Å². The van der Waals surface area contributed by atoms with E-state index in [-0.39, 0.29) is 5.41 Å². The summed E-state index contributed by atoms with van der Waals surface area (Å²) < 4.78 is 1.05. The van der Waals surface area contributed by atoms with Gasteiger partial charge in [-0.25, -0.2) is 0 Å². The van der Waals surface area contributed by atoms with Gasteiger partial charge in [0.15, 0.2) is 0 Å². The van der Waals surface area contributed by atoms with Gasteiger partial charge in [-0.1, -0.05) is 35.0 Å². The van der Waals surface area contributed by atoms with Crippen molar-refractivity contribution in [1.29, 1.82) is 0 Å². The smallest absolute Gasteiger partial charge is 0.143 e. The molecule has 17 heavy (non-hydrogen) atoms. The minimum absolute atomic E-state index is 0.260. The molecule has 0 aliphatic carbocycles. The van der Waals surface area contributed by atoms with Crippen LogP contribution in [0.4, 0.5) is 0 Å². The lowest BCUT2D eigenvalue weighted by Gasteiger charge is -2.36. The Kier molecular flexibility index (Phi) is 4.00. The van der Waals surface area contributed by atoms with Gasteiger partial charge >= 0.3 is 0 Å². The van der Waals surface area contributed by atoms with Crippen LogP contribution in [-0.4, -0.2) is 18.9 Å². The third kappa shape index (κ3) is 2.45. The first-order valence-electron chi connectivity index (χ1n) is 6.19. The highest BCUT2D eigenvalue weighted by Gasteiger charge is 2.39. The van der Waals surface area contributed by atoms with Gasteiger partial charge in [0.25, 0.3) is 0 Å². The quantitative estimate of drug-likeness (QED) is 0.929. The zero-order chi connectivity index (χ0) is 12.3. The van der Waals surface area contributed by atoms with Crippen molar-refractivity contribution in [2.45, 2.75) is 31.6 Å². The van der Waals surface area contributed by atoms with Crippen LogP contribution in [0.1, 0.15) is 31.7 Å². The minimum atomic E-state index is -0.260. The summed E-state index contributed by atoms with van der Waals surface area (Å²) in [6, 6.07) is 8.21. The molecule has 0 aromatic heterocycles. The van der Waals surface area contributed by atoms with Gasteiger partial charge in [0.1, 0.15) is 5.78 Å². The Morgan fingerprint density at radius 2 is 2.12 bits per heavy atom. The van der Waals surface area contributed by atoms with E-state index in [0.29, 0.717) is 12.2 Å². The second kappa shape index (κ2) is 5.32. The highest BCUT2D eigenvalue weighted by atomic mass is 79.9. The molecule has 2 nitrogen and oxygen atoms in total. The van der Waals surface area contributed by atoms with Gasteiger partial charge in [-0.3, -0.25) is 4.79 Å². The summed E-state index contributed by atoms with van der Waals surface area (Å²) in [7, 11) is 0. The molecule has 0 spiro atoms. The number of halogens is 1. The number of carbonyl (C=O) groups is 1. The minimum Gasteiger partial charge on any atom is -0.317 e. The van der Waals surface area contributed by atoms with Crippen molar-refractivity contribution in [2.75, 3.05) is 13.1 Å². The lowest BCUT2D eigenvalue weighted by Crippen LogP contribution is -2.45.